The molecule has 0 atom stereocenters. The Morgan fingerprint density at radius 3 is 2.62 bits per heavy atom. The lowest BCUT2D eigenvalue weighted by molar-refractivity contribution is -0.140. The fourth-order valence-corrected chi connectivity index (χ4v) is 3.47. The summed E-state index contributed by atoms with van der Waals surface area (Å²) >= 11 is 0. The topological polar surface area (TPSA) is 88.1 Å². The predicted molar refractivity (Wildman–Crippen MR) is 82.1 cm³/mol. The van der Waals surface area contributed by atoms with Crippen molar-refractivity contribution in [3.05, 3.63) is 0 Å². The molecule has 0 unspecified atom stereocenters. The number of hydrogen-bond acceptors (Lipinski definition) is 5. The van der Waals surface area contributed by atoms with Crippen molar-refractivity contribution in [1.29, 1.82) is 0 Å². The van der Waals surface area contributed by atoms with Gasteiger partial charge in [0.15, 0.2) is 15.8 Å². The maximum Gasteiger partial charge on any atom is 0.307 e. The number of ether oxygens (including phenoxy) is 1. The first-order valence-corrected chi connectivity index (χ1v) is 8.71. The molecule has 7 nitrogen and oxygen atoms in total. The zero-order chi connectivity index (χ0) is 16.1. The molecule has 0 saturated carbocycles. The van der Waals surface area contributed by atoms with Gasteiger partial charge in [-0.3, -0.25) is 9.79 Å². The first-order valence-electron chi connectivity index (χ1n) is 7.06. The lowest BCUT2D eigenvalue weighted by atomic mass is 10.2. The van der Waals surface area contributed by atoms with Crippen LogP contribution in [0, 0.1) is 0 Å². The summed E-state index contributed by atoms with van der Waals surface area (Å²) in [5, 5.41) is 3.14. The largest absolute Gasteiger partial charge is 0.469 e. The van der Waals surface area contributed by atoms with E-state index in [0.29, 0.717) is 32.1 Å². The minimum atomic E-state index is -3.08. The molecule has 1 rings (SSSR count). The fourth-order valence-electron chi connectivity index (χ4n) is 2.11. The normalized spacial score (nSPS) is 21.0. The highest BCUT2D eigenvalue weighted by Crippen LogP contribution is 2.23. The molecule has 21 heavy (non-hydrogen) atoms. The lowest BCUT2D eigenvalue weighted by Gasteiger charge is -2.39. The number of sulfone groups is 1. The van der Waals surface area contributed by atoms with E-state index in [0.717, 1.165) is 0 Å². The molecule has 1 saturated heterocycles. The van der Waals surface area contributed by atoms with Crippen molar-refractivity contribution in [3.63, 3.8) is 0 Å². The Morgan fingerprint density at radius 1 is 1.43 bits per heavy atom. The van der Waals surface area contributed by atoms with Crippen LogP contribution in [0.4, 0.5) is 0 Å². The van der Waals surface area contributed by atoms with E-state index in [2.05, 4.69) is 15.0 Å². The fraction of sp³-hybridized carbons (Fsp3) is 0.846. The molecule has 0 aliphatic carbocycles. The van der Waals surface area contributed by atoms with E-state index in [1.165, 1.54) is 7.11 Å². The van der Waals surface area contributed by atoms with Gasteiger partial charge in [-0.15, -0.1) is 0 Å². The molecule has 1 aliphatic heterocycles. The third-order valence-corrected chi connectivity index (χ3v) is 6.02. The van der Waals surface area contributed by atoms with Crippen LogP contribution in [0.2, 0.25) is 0 Å². The highest BCUT2D eigenvalue weighted by molar-refractivity contribution is 7.92. The molecule has 0 radical (unpaired) electrons. The van der Waals surface area contributed by atoms with Gasteiger partial charge in [-0.1, -0.05) is 0 Å². The van der Waals surface area contributed by atoms with E-state index >= 15 is 0 Å². The number of nitrogens with zero attached hydrogens (tertiary/aromatic N) is 2. The Kier molecular flexibility index (Phi) is 6.00. The maximum absolute atomic E-state index is 12.0. The van der Waals surface area contributed by atoms with Crippen molar-refractivity contribution >= 4 is 21.8 Å². The van der Waals surface area contributed by atoms with E-state index in [9.17, 15) is 13.2 Å². The van der Waals surface area contributed by atoms with Crippen molar-refractivity contribution in [2.45, 2.75) is 31.9 Å². The second-order valence-corrected chi connectivity index (χ2v) is 8.30. The Balaban J connectivity index is 2.77. The summed E-state index contributed by atoms with van der Waals surface area (Å²) in [4.78, 5) is 17.4. The number of aliphatic imine (C=N–C) groups is 1. The standard InChI is InChI=1S/C13H25N3O4S/c1-5-14-12(15-7-6-11(17)20-4)16-8-9-21(18,19)13(2,3)10-16/h5-10H2,1-4H3,(H,14,15). The van der Waals surface area contributed by atoms with Crippen molar-refractivity contribution in [2.24, 2.45) is 4.99 Å². The van der Waals surface area contributed by atoms with E-state index in [1.807, 2.05) is 11.8 Å². The monoisotopic (exact) mass is 319 g/mol. The summed E-state index contributed by atoms with van der Waals surface area (Å²) in [5.74, 6) is 0.446. The third-order valence-electron chi connectivity index (χ3n) is 3.48. The Labute approximate surface area is 126 Å². The molecule has 122 valence electrons. The minimum absolute atomic E-state index is 0.113. The molecule has 0 aromatic carbocycles. The van der Waals surface area contributed by atoms with Crippen LogP contribution in [-0.2, 0) is 19.4 Å². The molecule has 1 N–H and O–H groups in total. The quantitative estimate of drug-likeness (QED) is 0.447. The molecule has 8 heteroatoms. The van der Waals surface area contributed by atoms with Gasteiger partial charge in [-0.2, -0.15) is 0 Å². The van der Waals surface area contributed by atoms with Gasteiger partial charge in [0.05, 0.1) is 30.6 Å². The molecule has 0 spiro atoms. The second kappa shape index (κ2) is 7.11. The van der Waals surface area contributed by atoms with Crippen LogP contribution >= 0.6 is 0 Å². The number of carbonyl (C=O) groups is 1. The molecule has 1 heterocycles. The number of carbonyl (C=O) groups excluding carboxylic acids is 1. The van der Waals surface area contributed by atoms with Crippen LogP contribution in [0.5, 0.6) is 0 Å². The van der Waals surface area contributed by atoms with Crippen molar-refractivity contribution in [2.75, 3.05) is 39.0 Å². The first-order chi connectivity index (χ1) is 9.73. The zero-order valence-corrected chi connectivity index (χ0v) is 14.0. The molecule has 1 aliphatic rings. The molecule has 0 aromatic rings. The van der Waals surface area contributed by atoms with Crippen LogP contribution in [-0.4, -0.2) is 69.0 Å². The number of rotatable bonds is 4. The Morgan fingerprint density at radius 2 is 2.10 bits per heavy atom. The van der Waals surface area contributed by atoms with Crippen LogP contribution in [0.15, 0.2) is 4.99 Å². The highest BCUT2D eigenvalue weighted by Gasteiger charge is 2.40. The van der Waals surface area contributed by atoms with Crippen LogP contribution in [0.3, 0.4) is 0 Å². The predicted octanol–water partition coefficient (Wildman–Crippen LogP) is 0.0240. The summed E-state index contributed by atoms with van der Waals surface area (Å²) in [5.41, 5.74) is 0. The van der Waals surface area contributed by atoms with E-state index in [-0.39, 0.29) is 18.1 Å². The van der Waals surface area contributed by atoms with Gasteiger partial charge in [-0.05, 0) is 20.8 Å². The van der Waals surface area contributed by atoms with Gasteiger partial charge in [-0.25, -0.2) is 8.42 Å². The molecule has 1 fully saturated rings. The summed E-state index contributed by atoms with van der Waals surface area (Å²) in [6, 6.07) is 0. The summed E-state index contributed by atoms with van der Waals surface area (Å²) in [6.07, 6.45) is 0.209. The SMILES string of the molecule is CCNC(=NCCC(=O)OC)N1CCS(=O)(=O)C(C)(C)C1. The van der Waals surface area contributed by atoms with Crippen molar-refractivity contribution < 1.29 is 17.9 Å². The number of hydrogen-bond donors (Lipinski definition) is 1. The molecular weight excluding hydrogens is 294 g/mol. The molecular formula is C13H25N3O4S. The maximum atomic E-state index is 12.0. The number of guanidine groups is 1. The minimum Gasteiger partial charge on any atom is -0.469 e. The number of methoxy groups -OCH3 is 1. The van der Waals surface area contributed by atoms with E-state index in [4.69, 9.17) is 0 Å². The average molecular weight is 319 g/mol. The zero-order valence-electron chi connectivity index (χ0n) is 13.2. The summed E-state index contributed by atoms with van der Waals surface area (Å²) in [6.45, 7) is 7.20. The Hall–Kier alpha value is -1.31. The smallest absolute Gasteiger partial charge is 0.307 e. The third kappa shape index (κ3) is 4.59. The van der Waals surface area contributed by atoms with Gasteiger partial charge in [0, 0.05) is 19.6 Å². The average Bonchev–Trinajstić information content (AvgIpc) is 2.40. The van der Waals surface area contributed by atoms with Gasteiger partial charge < -0.3 is 15.0 Å². The lowest BCUT2D eigenvalue weighted by Crippen LogP contribution is -2.57. The second-order valence-electron chi connectivity index (χ2n) is 5.56. The van der Waals surface area contributed by atoms with Gasteiger partial charge in [0.1, 0.15) is 0 Å². The van der Waals surface area contributed by atoms with Crippen LogP contribution in [0.25, 0.3) is 0 Å². The van der Waals surface area contributed by atoms with Crippen molar-refractivity contribution in [3.8, 4) is 0 Å². The highest BCUT2D eigenvalue weighted by atomic mass is 32.2. The number of esters is 1. The van der Waals surface area contributed by atoms with Crippen LogP contribution < -0.4 is 5.32 Å². The summed E-state index contributed by atoms with van der Waals surface area (Å²) in [7, 11) is -1.74. The van der Waals surface area contributed by atoms with E-state index < -0.39 is 14.6 Å². The van der Waals surface area contributed by atoms with Crippen LogP contribution in [0.1, 0.15) is 27.2 Å². The Bertz CT molecular complexity index is 500. The number of nitrogens with one attached hydrogen (secondary N) is 1. The van der Waals surface area contributed by atoms with E-state index in [1.54, 1.807) is 13.8 Å². The van der Waals surface area contributed by atoms with Gasteiger partial charge >= 0.3 is 5.97 Å². The van der Waals surface area contributed by atoms with Crippen molar-refractivity contribution in [1.82, 2.24) is 10.2 Å². The summed E-state index contributed by atoms with van der Waals surface area (Å²) < 4.78 is 27.8. The van der Waals surface area contributed by atoms with Gasteiger partial charge in [0.25, 0.3) is 0 Å². The first kappa shape index (κ1) is 17.7. The molecule has 0 aromatic heterocycles. The van der Waals surface area contributed by atoms with Gasteiger partial charge in [0.2, 0.25) is 0 Å². The molecule has 0 amide bonds. The molecule has 0 bridgehead atoms.